The number of aryl methyl sites for hydroxylation is 1. The summed E-state index contributed by atoms with van der Waals surface area (Å²) in [6.45, 7) is 3.23. The van der Waals surface area contributed by atoms with Crippen molar-refractivity contribution in [2.24, 2.45) is 0 Å². The van der Waals surface area contributed by atoms with Crippen LogP contribution in [0.4, 0.5) is 13.2 Å². The number of esters is 1. The standard InChI is InChI=1S/C11H11F3N4O2/c1-3-20-9(19)5-8-16-10-15-6(2)4-7(11(12,13)14)18(10)17-8/h4H,3,5H2,1-2H3. The Morgan fingerprint density at radius 1 is 1.40 bits per heavy atom. The maximum absolute atomic E-state index is 12.9. The van der Waals surface area contributed by atoms with Crippen LogP contribution < -0.4 is 0 Å². The molecule has 2 aromatic rings. The molecule has 2 rings (SSSR count). The second-order valence-corrected chi connectivity index (χ2v) is 4.00. The molecule has 0 amide bonds. The lowest BCUT2D eigenvalue weighted by molar-refractivity contribution is -0.143. The number of aromatic nitrogens is 4. The molecule has 0 aromatic carbocycles. The number of ether oxygens (including phenoxy) is 1. The van der Waals surface area contributed by atoms with Gasteiger partial charge >= 0.3 is 12.1 Å². The second kappa shape index (κ2) is 5.06. The Hall–Kier alpha value is -2.19. The molecule has 0 N–H and O–H groups in total. The Balaban J connectivity index is 2.45. The smallest absolute Gasteiger partial charge is 0.433 e. The summed E-state index contributed by atoms with van der Waals surface area (Å²) in [5.74, 6) is -0.864. The lowest BCUT2D eigenvalue weighted by Crippen LogP contribution is -2.14. The number of rotatable bonds is 3. The van der Waals surface area contributed by atoms with Gasteiger partial charge in [0.15, 0.2) is 11.5 Å². The van der Waals surface area contributed by atoms with Crippen molar-refractivity contribution in [3.8, 4) is 0 Å². The van der Waals surface area contributed by atoms with Gasteiger partial charge in [-0.1, -0.05) is 0 Å². The molecule has 0 fully saturated rings. The van der Waals surface area contributed by atoms with E-state index in [4.69, 9.17) is 4.74 Å². The first kappa shape index (κ1) is 14.2. The molecule has 2 heterocycles. The van der Waals surface area contributed by atoms with Crippen LogP contribution in [0.15, 0.2) is 6.07 Å². The number of halogens is 3. The van der Waals surface area contributed by atoms with E-state index in [0.29, 0.717) is 4.52 Å². The maximum Gasteiger partial charge on any atom is 0.433 e. The van der Waals surface area contributed by atoms with Gasteiger partial charge in [0, 0.05) is 5.69 Å². The molecule has 0 radical (unpaired) electrons. The lowest BCUT2D eigenvalue weighted by Gasteiger charge is -2.08. The van der Waals surface area contributed by atoms with Gasteiger partial charge in [0.25, 0.3) is 5.78 Å². The zero-order valence-corrected chi connectivity index (χ0v) is 10.7. The normalized spacial score (nSPS) is 11.8. The van der Waals surface area contributed by atoms with E-state index in [9.17, 15) is 18.0 Å². The van der Waals surface area contributed by atoms with Gasteiger partial charge in [-0.15, -0.1) is 5.10 Å². The van der Waals surface area contributed by atoms with E-state index in [1.165, 1.54) is 6.92 Å². The molecule has 0 saturated heterocycles. The van der Waals surface area contributed by atoms with E-state index >= 15 is 0 Å². The van der Waals surface area contributed by atoms with E-state index in [-0.39, 0.29) is 30.3 Å². The summed E-state index contributed by atoms with van der Waals surface area (Å²) < 4.78 is 43.9. The van der Waals surface area contributed by atoms with E-state index in [2.05, 4.69) is 15.1 Å². The number of carbonyl (C=O) groups excluding carboxylic acids is 1. The van der Waals surface area contributed by atoms with Crippen LogP contribution in [0.2, 0.25) is 0 Å². The second-order valence-electron chi connectivity index (χ2n) is 4.00. The summed E-state index contributed by atoms with van der Waals surface area (Å²) in [4.78, 5) is 19.0. The average Bonchev–Trinajstić information content (AvgIpc) is 2.68. The summed E-state index contributed by atoms with van der Waals surface area (Å²) in [5.41, 5.74) is -0.817. The highest BCUT2D eigenvalue weighted by molar-refractivity contribution is 5.71. The third kappa shape index (κ3) is 2.86. The van der Waals surface area contributed by atoms with Crippen molar-refractivity contribution >= 4 is 11.7 Å². The van der Waals surface area contributed by atoms with Gasteiger partial charge in [0.2, 0.25) is 0 Å². The molecule has 0 aliphatic heterocycles. The van der Waals surface area contributed by atoms with Crippen LogP contribution in [0.5, 0.6) is 0 Å². The van der Waals surface area contributed by atoms with Gasteiger partial charge in [-0.3, -0.25) is 4.79 Å². The fourth-order valence-electron chi connectivity index (χ4n) is 1.65. The molecule has 0 bridgehead atoms. The minimum atomic E-state index is -4.58. The number of fused-ring (bicyclic) bond motifs is 1. The van der Waals surface area contributed by atoms with Crippen molar-refractivity contribution in [3.05, 3.63) is 23.3 Å². The van der Waals surface area contributed by atoms with Gasteiger partial charge in [0.1, 0.15) is 6.42 Å². The van der Waals surface area contributed by atoms with Gasteiger partial charge in [-0.05, 0) is 19.9 Å². The maximum atomic E-state index is 12.9. The minimum absolute atomic E-state index is 0.0629. The summed E-state index contributed by atoms with van der Waals surface area (Å²) in [6, 6.07) is 0.871. The molecule has 0 saturated carbocycles. The largest absolute Gasteiger partial charge is 0.466 e. The highest BCUT2D eigenvalue weighted by Gasteiger charge is 2.35. The van der Waals surface area contributed by atoms with E-state index in [1.54, 1.807) is 6.92 Å². The molecular weight excluding hydrogens is 277 g/mol. The number of nitrogens with zero attached hydrogens (tertiary/aromatic N) is 4. The van der Waals surface area contributed by atoms with Crippen molar-refractivity contribution in [2.45, 2.75) is 26.4 Å². The van der Waals surface area contributed by atoms with Crippen molar-refractivity contribution < 1.29 is 22.7 Å². The zero-order chi connectivity index (χ0) is 14.9. The van der Waals surface area contributed by atoms with Crippen LogP contribution in [0.1, 0.15) is 24.1 Å². The van der Waals surface area contributed by atoms with Crippen molar-refractivity contribution in [1.29, 1.82) is 0 Å². The Morgan fingerprint density at radius 2 is 2.10 bits per heavy atom. The van der Waals surface area contributed by atoms with Crippen molar-refractivity contribution in [2.75, 3.05) is 6.61 Å². The minimum Gasteiger partial charge on any atom is -0.466 e. The molecule has 9 heteroatoms. The monoisotopic (exact) mass is 288 g/mol. The van der Waals surface area contributed by atoms with Crippen LogP contribution >= 0.6 is 0 Å². The number of carbonyl (C=O) groups is 1. The highest BCUT2D eigenvalue weighted by Crippen LogP contribution is 2.29. The van der Waals surface area contributed by atoms with Crippen molar-refractivity contribution in [1.82, 2.24) is 19.6 Å². The number of hydrogen-bond donors (Lipinski definition) is 0. The first-order valence-corrected chi connectivity index (χ1v) is 5.77. The Kier molecular flexibility index (Phi) is 3.60. The first-order valence-electron chi connectivity index (χ1n) is 5.77. The predicted molar refractivity (Wildman–Crippen MR) is 60.9 cm³/mol. The fraction of sp³-hybridized carbons (Fsp3) is 0.455. The topological polar surface area (TPSA) is 69.4 Å². The van der Waals surface area contributed by atoms with Gasteiger partial charge in [-0.2, -0.15) is 22.7 Å². The third-order valence-corrected chi connectivity index (χ3v) is 2.38. The van der Waals surface area contributed by atoms with Crippen LogP contribution in [0, 0.1) is 6.92 Å². The molecule has 0 spiro atoms. The van der Waals surface area contributed by atoms with Gasteiger partial charge in [-0.25, -0.2) is 4.98 Å². The molecule has 0 aliphatic carbocycles. The molecular formula is C11H11F3N4O2. The Labute approximate surface area is 111 Å². The zero-order valence-electron chi connectivity index (χ0n) is 10.7. The van der Waals surface area contributed by atoms with E-state index in [1.807, 2.05) is 0 Å². The summed E-state index contributed by atoms with van der Waals surface area (Å²) in [5, 5.41) is 3.66. The van der Waals surface area contributed by atoms with Gasteiger partial charge < -0.3 is 4.74 Å². The summed E-state index contributed by atoms with van der Waals surface area (Å²) in [7, 11) is 0. The molecule has 108 valence electrons. The molecule has 0 unspecified atom stereocenters. The van der Waals surface area contributed by atoms with Gasteiger partial charge in [0.05, 0.1) is 6.61 Å². The quantitative estimate of drug-likeness (QED) is 0.802. The van der Waals surface area contributed by atoms with Crippen molar-refractivity contribution in [3.63, 3.8) is 0 Å². The van der Waals surface area contributed by atoms with Crippen LogP contribution in [0.3, 0.4) is 0 Å². The predicted octanol–water partition coefficient (Wildman–Crippen LogP) is 1.56. The molecule has 0 atom stereocenters. The number of alkyl halides is 3. The van der Waals surface area contributed by atoms with E-state index < -0.39 is 17.8 Å². The molecule has 20 heavy (non-hydrogen) atoms. The molecule has 2 aromatic heterocycles. The Bertz CT molecular complexity index is 651. The summed E-state index contributed by atoms with van der Waals surface area (Å²) in [6.07, 6.45) is -4.88. The van der Waals surface area contributed by atoms with E-state index in [0.717, 1.165) is 6.07 Å². The summed E-state index contributed by atoms with van der Waals surface area (Å²) >= 11 is 0. The Morgan fingerprint density at radius 3 is 2.70 bits per heavy atom. The molecule has 6 nitrogen and oxygen atoms in total. The lowest BCUT2D eigenvalue weighted by atomic mass is 10.3. The van der Waals surface area contributed by atoms with Crippen LogP contribution in [0.25, 0.3) is 5.78 Å². The van der Waals surface area contributed by atoms with Crippen LogP contribution in [-0.4, -0.2) is 32.2 Å². The first-order chi connectivity index (χ1) is 9.31. The third-order valence-electron chi connectivity index (χ3n) is 2.38. The van der Waals surface area contributed by atoms with Crippen LogP contribution in [-0.2, 0) is 22.1 Å². The molecule has 0 aliphatic rings. The fourth-order valence-corrected chi connectivity index (χ4v) is 1.65. The number of hydrogen-bond acceptors (Lipinski definition) is 5. The highest BCUT2D eigenvalue weighted by atomic mass is 19.4. The average molecular weight is 288 g/mol. The SMILES string of the molecule is CCOC(=O)Cc1nc2nc(C)cc(C(F)(F)F)n2n1.